The number of likely N-dealkylation sites (N-methyl/N-ethyl adjacent to an activating group) is 1. The number of amides is 1. The number of hydrogen-bond donors (Lipinski definition) is 2. The summed E-state index contributed by atoms with van der Waals surface area (Å²) in [5.74, 6) is 0.00226. The number of carbonyl (C=O) groups excluding carboxylic acids is 1. The van der Waals surface area contributed by atoms with Gasteiger partial charge in [0.15, 0.2) is 0 Å². The number of carbonyl (C=O) groups is 1. The van der Waals surface area contributed by atoms with Crippen LogP contribution in [0.2, 0.25) is 0 Å². The summed E-state index contributed by atoms with van der Waals surface area (Å²) in [6, 6.07) is 9.06. The average molecular weight is 317 g/mol. The van der Waals surface area contributed by atoms with Crippen molar-refractivity contribution in [3.8, 4) is 0 Å². The topological polar surface area (TPSA) is 55.8 Å². The molecular weight excluding hydrogens is 290 g/mol. The molecule has 1 unspecified atom stereocenters. The Morgan fingerprint density at radius 1 is 1.39 bits per heavy atom. The van der Waals surface area contributed by atoms with Crippen molar-refractivity contribution in [2.24, 2.45) is 0 Å². The standard InChI is InChI=1S/C18H27N3O2/c1-20(16-6-7-16)13-18(23)19-10-17(22)12-21-9-8-14-4-2-3-5-15(14)11-21/h2-5,16-17,22H,6-13H2,1H3,(H,19,23). The molecule has 1 atom stereocenters. The minimum atomic E-state index is -0.518. The third-order valence-corrected chi connectivity index (χ3v) is 4.78. The third-order valence-electron chi connectivity index (χ3n) is 4.78. The first-order valence-corrected chi connectivity index (χ1v) is 8.56. The van der Waals surface area contributed by atoms with Gasteiger partial charge >= 0.3 is 0 Å². The lowest BCUT2D eigenvalue weighted by atomic mass is 10.00. The Labute approximate surface area is 138 Å². The van der Waals surface area contributed by atoms with Gasteiger partial charge in [-0.15, -0.1) is 0 Å². The second kappa shape index (κ2) is 7.43. The first-order chi connectivity index (χ1) is 11.1. The number of nitrogens with zero attached hydrogens (tertiary/aromatic N) is 2. The van der Waals surface area contributed by atoms with Gasteiger partial charge in [0.25, 0.3) is 0 Å². The number of aliphatic hydroxyl groups excluding tert-OH is 1. The summed E-state index contributed by atoms with van der Waals surface area (Å²) in [6.45, 7) is 3.20. The number of β-amino-alcohol motifs (C(OH)–C–C–N with tert-alkyl or cyclic N) is 1. The molecule has 1 amide bonds. The number of nitrogens with one attached hydrogen (secondary N) is 1. The van der Waals surface area contributed by atoms with Gasteiger partial charge in [-0.2, -0.15) is 0 Å². The molecule has 3 rings (SSSR count). The molecule has 1 aliphatic heterocycles. The molecule has 126 valence electrons. The maximum Gasteiger partial charge on any atom is 0.234 e. The van der Waals surface area contributed by atoms with Crippen molar-refractivity contribution in [2.45, 2.75) is 38.0 Å². The first-order valence-electron chi connectivity index (χ1n) is 8.56. The predicted octanol–water partition coefficient (Wildman–Crippen LogP) is 0.616. The Balaban J connectivity index is 1.38. The van der Waals surface area contributed by atoms with E-state index in [2.05, 4.69) is 39.4 Å². The largest absolute Gasteiger partial charge is 0.390 e. The van der Waals surface area contributed by atoms with Gasteiger partial charge in [-0.05, 0) is 37.4 Å². The van der Waals surface area contributed by atoms with E-state index in [0.717, 1.165) is 19.5 Å². The number of rotatable bonds is 7. The fraction of sp³-hybridized carbons (Fsp3) is 0.611. The van der Waals surface area contributed by atoms with Gasteiger partial charge in [0.1, 0.15) is 0 Å². The fourth-order valence-corrected chi connectivity index (χ4v) is 3.23. The van der Waals surface area contributed by atoms with Crippen LogP contribution < -0.4 is 5.32 Å². The average Bonchev–Trinajstić information content (AvgIpc) is 3.38. The lowest BCUT2D eigenvalue weighted by Crippen LogP contribution is -2.44. The van der Waals surface area contributed by atoms with Crippen molar-refractivity contribution in [2.75, 3.05) is 33.2 Å². The molecular formula is C18H27N3O2. The molecule has 1 fully saturated rings. The Morgan fingerprint density at radius 2 is 2.13 bits per heavy atom. The molecule has 1 aromatic carbocycles. The van der Waals surface area contributed by atoms with Crippen LogP contribution in [0.5, 0.6) is 0 Å². The number of hydrogen-bond acceptors (Lipinski definition) is 4. The van der Waals surface area contributed by atoms with Crippen LogP contribution in [0.15, 0.2) is 24.3 Å². The van der Waals surface area contributed by atoms with E-state index >= 15 is 0 Å². The van der Waals surface area contributed by atoms with E-state index in [0.29, 0.717) is 25.7 Å². The summed E-state index contributed by atoms with van der Waals surface area (Å²) in [6.07, 6.45) is 2.91. The second-order valence-electron chi connectivity index (χ2n) is 6.86. The van der Waals surface area contributed by atoms with Crippen molar-refractivity contribution >= 4 is 5.91 Å². The zero-order valence-corrected chi connectivity index (χ0v) is 13.9. The third kappa shape index (κ3) is 4.77. The van der Waals surface area contributed by atoms with Gasteiger partial charge in [-0.25, -0.2) is 0 Å². The highest BCUT2D eigenvalue weighted by Gasteiger charge is 2.27. The van der Waals surface area contributed by atoms with E-state index in [1.54, 1.807) is 0 Å². The molecule has 0 aromatic heterocycles. The molecule has 23 heavy (non-hydrogen) atoms. The van der Waals surface area contributed by atoms with Gasteiger partial charge < -0.3 is 10.4 Å². The highest BCUT2D eigenvalue weighted by molar-refractivity contribution is 5.78. The normalized spacial score (nSPS) is 19.4. The summed E-state index contributed by atoms with van der Waals surface area (Å²) in [5.41, 5.74) is 2.76. The minimum absolute atomic E-state index is 0.00226. The lowest BCUT2D eigenvalue weighted by Gasteiger charge is -2.30. The Hall–Kier alpha value is -1.43. The van der Waals surface area contributed by atoms with Crippen LogP contribution >= 0.6 is 0 Å². The van der Waals surface area contributed by atoms with Gasteiger partial charge in [-0.3, -0.25) is 14.6 Å². The maximum absolute atomic E-state index is 11.9. The van der Waals surface area contributed by atoms with Crippen LogP contribution in [0, 0.1) is 0 Å². The highest BCUT2D eigenvalue weighted by atomic mass is 16.3. The molecule has 0 radical (unpaired) electrons. The van der Waals surface area contributed by atoms with E-state index in [1.165, 1.54) is 24.0 Å². The minimum Gasteiger partial charge on any atom is -0.390 e. The molecule has 0 bridgehead atoms. The first kappa shape index (κ1) is 16.4. The van der Waals surface area contributed by atoms with Crippen molar-refractivity contribution in [3.05, 3.63) is 35.4 Å². The second-order valence-corrected chi connectivity index (χ2v) is 6.86. The van der Waals surface area contributed by atoms with E-state index < -0.39 is 6.10 Å². The SMILES string of the molecule is CN(CC(=O)NCC(O)CN1CCc2ccccc2C1)C1CC1. The van der Waals surface area contributed by atoms with Crippen LogP contribution in [-0.2, 0) is 17.8 Å². The summed E-state index contributed by atoms with van der Waals surface area (Å²) >= 11 is 0. The fourth-order valence-electron chi connectivity index (χ4n) is 3.23. The Kier molecular flexibility index (Phi) is 5.30. The van der Waals surface area contributed by atoms with Gasteiger partial charge in [-0.1, -0.05) is 24.3 Å². The monoisotopic (exact) mass is 317 g/mol. The quantitative estimate of drug-likeness (QED) is 0.774. The van der Waals surface area contributed by atoms with E-state index in [1.807, 2.05) is 7.05 Å². The summed E-state index contributed by atoms with van der Waals surface area (Å²) < 4.78 is 0. The number of aliphatic hydroxyl groups is 1. The molecule has 0 spiro atoms. The van der Waals surface area contributed by atoms with E-state index in [9.17, 15) is 9.90 Å². The highest BCUT2D eigenvalue weighted by Crippen LogP contribution is 2.24. The maximum atomic E-state index is 11.9. The zero-order chi connectivity index (χ0) is 16.2. The number of fused-ring (bicyclic) bond motifs is 1. The summed E-state index contributed by atoms with van der Waals surface area (Å²) in [4.78, 5) is 16.2. The lowest BCUT2D eigenvalue weighted by molar-refractivity contribution is -0.122. The van der Waals surface area contributed by atoms with Crippen LogP contribution in [0.4, 0.5) is 0 Å². The molecule has 0 saturated heterocycles. The van der Waals surface area contributed by atoms with Crippen LogP contribution in [0.1, 0.15) is 24.0 Å². The molecule has 1 aromatic rings. The van der Waals surface area contributed by atoms with Crippen LogP contribution in [-0.4, -0.2) is 66.2 Å². The molecule has 2 N–H and O–H groups in total. The molecule has 5 nitrogen and oxygen atoms in total. The number of benzene rings is 1. The van der Waals surface area contributed by atoms with E-state index in [4.69, 9.17) is 0 Å². The van der Waals surface area contributed by atoms with Crippen molar-refractivity contribution in [3.63, 3.8) is 0 Å². The smallest absolute Gasteiger partial charge is 0.234 e. The molecule has 1 heterocycles. The molecule has 2 aliphatic rings. The Morgan fingerprint density at radius 3 is 2.87 bits per heavy atom. The summed E-state index contributed by atoms with van der Waals surface area (Å²) in [5, 5.41) is 13.0. The predicted molar refractivity (Wildman–Crippen MR) is 90.1 cm³/mol. The summed E-state index contributed by atoms with van der Waals surface area (Å²) in [7, 11) is 1.98. The van der Waals surface area contributed by atoms with Crippen LogP contribution in [0.3, 0.4) is 0 Å². The van der Waals surface area contributed by atoms with Crippen LogP contribution in [0.25, 0.3) is 0 Å². The van der Waals surface area contributed by atoms with Crippen molar-refractivity contribution < 1.29 is 9.90 Å². The van der Waals surface area contributed by atoms with Gasteiger partial charge in [0, 0.05) is 32.2 Å². The van der Waals surface area contributed by atoms with Crippen molar-refractivity contribution in [1.29, 1.82) is 0 Å². The molecule has 1 saturated carbocycles. The van der Waals surface area contributed by atoms with Gasteiger partial charge in [0.05, 0.1) is 12.6 Å². The Bertz CT molecular complexity index is 545. The molecule has 5 heteroatoms. The molecule has 1 aliphatic carbocycles. The zero-order valence-electron chi connectivity index (χ0n) is 13.9. The van der Waals surface area contributed by atoms with E-state index in [-0.39, 0.29) is 5.91 Å². The van der Waals surface area contributed by atoms with Gasteiger partial charge in [0.2, 0.25) is 5.91 Å². The van der Waals surface area contributed by atoms with Crippen molar-refractivity contribution in [1.82, 2.24) is 15.1 Å².